The number of nitrogens with zero attached hydrogens (tertiary/aromatic N) is 4. The molecule has 0 amide bonds. The fraction of sp³-hybridized carbons (Fsp3) is 0.435. The van der Waals surface area contributed by atoms with Gasteiger partial charge in [-0.15, -0.1) is 0 Å². The Morgan fingerprint density at radius 3 is 2.68 bits per heavy atom. The molecule has 0 spiro atoms. The predicted octanol–water partition coefficient (Wildman–Crippen LogP) is 3.26. The Kier molecular flexibility index (Phi) is 6.59. The van der Waals surface area contributed by atoms with Crippen LogP contribution in [0.15, 0.2) is 41.6 Å². The van der Waals surface area contributed by atoms with Crippen LogP contribution in [-0.2, 0) is 21.2 Å². The van der Waals surface area contributed by atoms with Gasteiger partial charge in [0.15, 0.2) is 5.03 Å². The number of carboxylic acids is 1. The summed E-state index contributed by atoms with van der Waals surface area (Å²) in [4.78, 5) is 15.4. The summed E-state index contributed by atoms with van der Waals surface area (Å²) in [5.41, 5.74) is 0.862. The maximum Gasteiger partial charge on any atom is 0.309 e. The number of hydrogen-bond acceptors (Lipinski definition) is 6. The molecule has 1 fully saturated rings. The van der Waals surface area contributed by atoms with Crippen molar-refractivity contribution in [3.05, 3.63) is 48.0 Å². The maximum absolute atomic E-state index is 14.1. The first-order valence-corrected chi connectivity index (χ1v) is 12.6. The van der Waals surface area contributed by atoms with E-state index in [0.29, 0.717) is 35.4 Å². The first-order valence-electron chi connectivity index (χ1n) is 11.1. The largest absolute Gasteiger partial charge is 0.492 e. The second-order valence-electron chi connectivity index (χ2n) is 8.46. The lowest BCUT2D eigenvalue weighted by Crippen LogP contribution is -2.49. The van der Waals surface area contributed by atoms with Crippen molar-refractivity contribution in [3.63, 3.8) is 0 Å². The summed E-state index contributed by atoms with van der Waals surface area (Å²) in [6.07, 6.45) is 1.54. The number of carbonyl (C=O) groups is 1. The van der Waals surface area contributed by atoms with E-state index in [9.17, 15) is 22.7 Å². The Morgan fingerprint density at radius 2 is 2.03 bits per heavy atom. The van der Waals surface area contributed by atoms with Crippen LogP contribution in [0.4, 0.5) is 4.39 Å². The minimum atomic E-state index is -3.84. The molecule has 4 rings (SSSR count). The molecule has 2 aromatic heterocycles. The van der Waals surface area contributed by atoms with Crippen LogP contribution in [0.2, 0.25) is 0 Å². The molecule has 1 saturated heterocycles. The first kappa shape index (κ1) is 24.1. The van der Waals surface area contributed by atoms with Crippen LogP contribution >= 0.6 is 0 Å². The molecule has 1 aromatic carbocycles. The fourth-order valence-electron chi connectivity index (χ4n) is 4.59. The van der Waals surface area contributed by atoms with Gasteiger partial charge in [-0.3, -0.25) is 9.48 Å². The standard InChI is InChI=1S/C23H27FN4O5S/c1-4-33-17-6-8-22(25-13-17)34(31,32)27-10-9-20(14(2)15(27)3)28-21-11-16(24)5-7-18(21)19(26-28)12-23(29)30/h5-8,11,13-15,20H,4,9-10,12H2,1-3H3,(H,29,30)/t14-,15+,20?/m0/s1. The maximum atomic E-state index is 14.1. The lowest BCUT2D eigenvalue weighted by Gasteiger charge is -2.41. The van der Waals surface area contributed by atoms with Crippen LogP contribution in [0.3, 0.4) is 0 Å². The van der Waals surface area contributed by atoms with Gasteiger partial charge in [-0.25, -0.2) is 17.8 Å². The van der Waals surface area contributed by atoms with Gasteiger partial charge in [0.25, 0.3) is 10.0 Å². The average Bonchev–Trinajstić information content (AvgIpc) is 3.12. The second-order valence-corrected chi connectivity index (χ2v) is 10.3. The number of aromatic nitrogens is 3. The molecule has 3 atom stereocenters. The monoisotopic (exact) mass is 490 g/mol. The van der Waals surface area contributed by atoms with Gasteiger partial charge in [0.05, 0.1) is 36.5 Å². The molecule has 9 nitrogen and oxygen atoms in total. The van der Waals surface area contributed by atoms with Crippen LogP contribution in [0, 0.1) is 11.7 Å². The number of pyridine rings is 1. The van der Waals surface area contributed by atoms with Crippen LogP contribution in [-0.4, -0.2) is 57.8 Å². The summed E-state index contributed by atoms with van der Waals surface area (Å²) in [5.74, 6) is -1.16. The van der Waals surface area contributed by atoms with Gasteiger partial charge in [-0.1, -0.05) is 6.92 Å². The number of carboxylic acid groups (broad SMARTS) is 1. The van der Waals surface area contributed by atoms with E-state index >= 15 is 0 Å². The first-order chi connectivity index (χ1) is 16.1. The summed E-state index contributed by atoms with van der Waals surface area (Å²) < 4.78 is 49.1. The van der Waals surface area contributed by atoms with Crippen LogP contribution < -0.4 is 4.74 Å². The molecule has 3 heterocycles. The van der Waals surface area contributed by atoms with E-state index < -0.39 is 27.9 Å². The molecule has 0 saturated carbocycles. The summed E-state index contributed by atoms with van der Waals surface area (Å²) in [5, 5.41) is 14.3. The second kappa shape index (κ2) is 9.30. The third kappa shape index (κ3) is 4.37. The highest BCUT2D eigenvalue weighted by Gasteiger charge is 2.41. The Balaban J connectivity index is 1.64. The van der Waals surface area contributed by atoms with Gasteiger partial charge < -0.3 is 9.84 Å². The third-order valence-corrected chi connectivity index (χ3v) is 8.34. The van der Waals surface area contributed by atoms with E-state index in [-0.39, 0.29) is 30.0 Å². The van der Waals surface area contributed by atoms with Gasteiger partial charge in [0.1, 0.15) is 11.6 Å². The van der Waals surface area contributed by atoms with E-state index in [1.54, 1.807) is 10.7 Å². The number of halogens is 1. The van der Waals surface area contributed by atoms with E-state index in [1.807, 2.05) is 20.8 Å². The van der Waals surface area contributed by atoms with Crippen molar-refractivity contribution in [1.82, 2.24) is 19.1 Å². The minimum Gasteiger partial charge on any atom is -0.492 e. The van der Waals surface area contributed by atoms with Crippen LogP contribution in [0.1, 0.15) is 38.9 Å². The number of benzene rings is 1. The number of piperidine rings is 1. The van der Waals surface area contributed by atoms with Gasteiger partial charge in [0.2, 0.25) is 0 Å². The quantitative estimate of drug-likeness (QED) is 0.541. The van der Waals surface area contributed by atoms with Gasteiger partial charge in [-0.05, 0) is 56.5 Å². The highest BCUT2D eigenvalue weighted by atomic mass is 32.2. The van der Waals surface area contributed by atoms with E-state index in [1.165, 1.54) is 34.8 Å². The Labute approximate surface area is 197 Å². The Morgan fingerprint density at radius 1 is 1.26 bits per heavy atom. The zero-order valence-electron chi connectivity index (χ0n) is 19.2. The van der Waals surface area contributed by atoms with Gasteiger partial charge in [-0.2, -0.15) is 9.40 Å². The molecule has 3 aromatic rings. The third-order valence-electron chi connectivity index (χ3n) is 6.44. The number of sulfonamides is 1. The molecule has 1 aliphatic rings. The molecule has 1 unspecified atom stereocenters. The molecule has 0 aliphatic carbocycles. The molecule has 182 valence electrons. The molecule has 34 heavy (non-hydrogen) atoms. The van der Waals surface area contributed by atoms with Crippen LogP contribution in [0.5, 0.6) is 5.75 Å². The SMILES string of the molecule is CCOc1ccc(S(=O)(=O)N2CCC(n3nc(CC(=O)O)c4ccc(F)cc43)[C@@H](C)[C@H]2C)nc1. The molecule has 1 N–H and O–H groups in total. The van der Waals surface area contributed by atoms with E-state index in [0.717, 1.165) is 0 Å². The van der Waals surface area contributed by atoms with Crippen molar-refractivity contribution < 1.29 is 27.4 Å². The smallest absolute Gasteiger partial charge is 0.309 e. The number of hydrogen-bond donors (Lipinski definition) is 1. The molecular formula is C23H27FN4O5S. The van der Waals surface area contributed by atoms with Crippen molar-refractivity contribution >= 4 is 26.9 Å². The fourth-order valence-corrected chi connectivity index (χ4v) is 6.23. The summed E-state index contributed by atoms with van der Waals surface area (Å²) in [7, 11) is -3.84. The van der Waals surface area contributed by atoms with Gasteiger partial charge in [0, 0.05) is 18.0 Å². The topological polar surface area (TPSA) is 115 Å². The van der Waals surface area contributed by atoms with Crippen LogP contribution in [0.25, 0.3) is 10.9 Å². The van der Waals surface area contributed by atoms with Crippen molar-refractivity contribution in [1.29, 1.82) is 0 Å². The van der Waals surface area contributed by atoms with Crippen molar-refractivity contribution in [2.45, 2.75) is 50.7 Å². The normalized spacial score (nSPS) is 21.6. The summed E-state index contributed by atoms with van der Waals surface area (Å²) in [6.45, 7) is 6.26. The summed E-state index contributed by atoms with van der Waals surface area (Å²) >= 11 is 0. The van der Waals surface area contributed by atoms with E-state index in [4.69, 9.17) is 4.74 Å². The molecular weight excluding hydrogens is 463 g/mol. The Bertz CT molecular complexity index is 1310. The summed E-state index contributed by atoms with van der Waals surface area (Å²) in [6, 6.07) is 6.56. The van der Waals surface area contributed by atoms with Gasteiger partial charge >= 0.3 is 5.97 Å². The number of aliphatic carboxylic acids is 1. The lowest BCUT2D eigenvalue weighted by atomic mass is 9.88. The molecule has 11 heteroatoms. The number of rotatable bonds is 7. The van der Waals surface area contributed by atoms with Crippen molar-refractivity contribution in [3.8, 4) is 5.75 Å². The molecule has 1 aliphatic heterocycles. The zero-order chi connectivity index (χ0) is 24.6. The van der Waals surface area contributed by atoms with Crippen molar-refractivity contribution in [2.75, 3.05) is 13.2 Å². The molecule has 0 bridgehead atoms. The minimum absolute atomic E-state index is 0.0520. The Hall–Kier alpha value is -3.05. The molecule has 0 radical (unpaired) electrons. The predicted molar refractivity (Wildman–Crippen MR) is 123 cm³/mol. The highest BCUT2D eigenvalue weighted by Crippen LogP contribution is 2.37. The van der Waals surface area contributed by atoms with Crippen molar-refractivity contribution in [2.24, 2.45) is 5.92 Å². The van der Waals surface area contributed by atoms with E-state index in [2.05, 4.69) is 10.1 Å². The lowest BCUT2D eigenvalue weighted by molar-refractivity contribution is -0.136. The highest BCUT2D eigenvalue weighted by molar-refractivity contribution is 7.89. The number of fused-ring (bicyclic) bond motifs is 1. The number of ether oxygens (including phenoxy) is 1. The average molecular weight is 491 g/mol. The zero-order valence-corrected chi connectivity index (χ0v) is 20.0.